The van der Waals surface area contributed by atoms with Crippen LogP contribution in [-0.2, 0) is 10.8 Å². The van der Waals surface area contributed by atoms with Crippen LogP contribution in [0, 0.1) is 0 Å². The fraction of sp³-hybridized carbons (Fsp3) is 0.213. The highest BCUT2D eigenvalue weighted by Gasteiger charge is 2.38. The van der Waals surface area contributed by atoms with Gasteiger partial charge in [-0.1, -0.05) is 159 Å². The minimum atomic E-state index is -0.232. The second-order valence-corrected chi connectivity index (χ2v) is 20.4. The fourth-order valence-corrected chi connectivity index (χ4v) is 10.6. The average Bonchev–Trinajstić information content (AvgIpc) is 3.90. The first-order chi connectivity index (χ1) is 31.8. The van der Waals surface area contributed by atoms with Crippen molar-refractivity contribution in [2.75, 3.05) is 4.90 Å². The standard InChI is InChI=1S/C61H57N5/c1-37(2)43-20-15-21-44(38(3)4)56(43)40-29-31-51-48(34-40)46-23-16-24-47(57(46)63-51)59-64-58-45(22-17-27-53(58)65(59)42-18-11-10-12-19-42)39-28-30-50-54(35-39)66(52-26-14-13-25-49(52)61(50,8)9)55-36-41(32-33-62-55)60(5,6)7/h10-38,63H,1-9H3. The fourth-order valence-electron chi connectivity index (χ4n) is 10.6. The van der Waals surface area contributed by atoms with Crippen molar-refractivity contribution >= 4 is 50.0 Å². The highest BCUT2D eigenvalue weighted by molar-refractivity contribution is 6.13. The van der Waals surface area contributed by atoms with Gasteiger partial charge in [0.25, 0.3) is 0 Å². The van der Waals surface area contributed by atoms with E-state index in [9.17, 15) is 0 Å². The van der Waals surface area contributed by atoms with Gasteiger partial charge in [0.1, 0.15) is 11.6 Å². The smallest absolute Gasteiger partial charge is 0.147 e. The Bertz CT molecular complexity index is 3480. The summed E-state index contributed by atoms with van der Waals surface area (Å²) in [5, 5.41) is 2.40. The molecular weight excluding hydrogens is 803 g/mol. The molecule has 10 aromatic rings. The van der Waals surface area contributed by atoms with E-state index in [-0.39, 0.29) is 10.8 Å². The Morgan fingerprint density at radius 2 is 1.27 bits per heavy atom. The van der Waals surface area contributed by atoms with Gasteiger partial charge in [0.05, 0.1) is 27.9 Å². The van der Waals surface area contributed by atoms with Crippen molar-refractivity contribution in [1.29, 1.82) is 0 Å². The Morgan fingerprint density at radius 3 is 2.03 bits per heavy atom. The zero-order chi connectivity index (χ0) is 45.6. The van der Waals surface area contributed by atoms with Crippen LogP contribution >= 0.6 is 0 Å². The van der Waals surface area contributed by atoms with Gasteiger partial charge in [0.2, 0.25) is 0 Å². The topological polar surface area (TPSA) is 49.7 Å². The van der Waals surface area contributed by atoms with Gasteiger partial charge < -0.3 is 4.98 Å². The monoisotopic (exact) mass is 859 g/mol. The van der Waals surface area contributed by atoms with E-state index >= 15 is 0 Å². The maximum atomic E-state index is 5.69. The molecule has 0 fully saturated rings. The quantitative estimate of drug-likeness (QED) is 0.174. The van der Waals surface area contributed by atoms with Crippen LogP contribution in [0.5, 0.6) is 0 Å². The zero-order valence-corrected chi connectivity index (χ0v) is 39.5. The van der Waals surface area contributed by atoms with Crippen molar-refractivity contribution in [3.63, 3.8) is 0 Å². The number of benzene rings is 7. The number of nitrogens with one attached hydrogen (secondary N) is 1. The minimum Gasteiger partial charge on any atom is -0.354 e. The third-order valence-electron chi connectivity index (χ3n) is 14.1. The van der Waals surface area contributed by atoms with Crippen LogP contribution in [-0.4, -0.2) is 19.5 Å². The molecule has 3 aromatic heterocycles. The van der Waals surface area contributed by atoms with E-state index in [1.807, 2.05) is 6.20 Å². The number of aromatic amines is 1. The Balaban J connectivity index is 1.11. The number of rotatable bonds is 7. The molecule has 0 bridgehead atoms. The molecular formula is C61H57N5. The van der Waals surface area contributed by atoms with Crippen molar-refractivity contribution in [2.45, 2.75) is 85.0 Å². The van der Waals surface area contributed by atoms with E-state index in [1.165, 1.54) is 49.7 Å². The summed E-state index contributed by atoms with van der Waals surface area (Å²) in [6, 6.07) is 57.9. The van der Waals surface area contributed by atoms with Crippen molar-refractivity contribution in [3.8, 4) is 39.3 Å². The maximum absolute atomic E-state index is 5.69. The second-order valence-electron chi connectivity index (χ2n) is 20.4. The summed E-state index contributed by atoms with van der Waals surface area (Å²) >= 11 is 0. The van der Waals surface area contributed by atoms with Crippen LogP contribution < -0.4 is 4.90 Å². The number of fused-ring (bicyclic) bond motifs is 6. The Morgan fingerprint density at radius 1 is 0.591 bits per heavy atom. The summed E-state index contributed by atoms with van der Waals surface area (Å²) < 4.78 is 2.34. The predicted molar refractivity (Wildman–Crippen MR) is 278 cm³/mol. The third-order valence-corrected chi connectivity index (χ3v) is 14.1. The number of imidazole rings is 1. The molecule has 1 N–H and O–H groups in total. The van der Waals surface area contributed by atoms with E-state index in [2.05, 4.69) is 234 Å². The van der Waals surface area contributed by atoms with E-state index < -0.39 is 0 Å². The Hall–Kier alpha value is -7.24. The van der Waals surface area contributed by atoms with Crippen molar-refractivity contribution in [3.05, 3.63) is 192 Å². The summed E-state index contributed by atoms with van der Waals surface area (Å²) in [6.07, 6.45) is 1.96. The summed E-state index contributed by atoms with van der Waals surface area (Å²) in [4.78, 5) is 17.0. The predicted octanol–water partition coefficient (Wildman–Crippen LogP) is 16.7. The van der Waals surface area contributed by atoms with Crippen LogP contribution in [0.15, 0.2) is 164 Å². The minimum absolute atomic E-state index is 0.0286. The first-order valence-electron chi connectivity index (χ1n) is 23.6. The van der Waals surface area contributed by atoms with E-state index in [1.54, 1.807) is 0 Å². The number of hydrogen-bond acceptors (Lipinski definition) is 3. The van der Waals surface area contributed by atoms with Crippen LogP contribution in [0.4, 0.5) is 17.2 Å². The lowest BCUT2D eigenvalue weighted by Gasteiger charge is -2.42. The number of hydrogen-bond donors (Lipinski definition) is 1. The lowest BCUT2D eigenvalue weighted by molar-refractivity contribution is 0.589. The van der Waals surface area contributed by atoms with Gasteiger partial charge in [-0.15, -0.1) is 0 Å². The number of anilines is 3. The Labute approximate surface area is 388 Å². The third kappa shape index (κ3) is 6.58. The number of pyridine rings is 1. The molecule has 1 aliphatic heterocycles. The summed E-state index contributed by atoms with van der Waals surface area (Å²) in [5.41, 5.74) is 19.7. The molecule has 11 rings (SSSR count). The first-order valence-corrected chi connectivity index (χ1v) is 23.6. The maximum Gasteiger partial charge on any atom is 0.147 e. The zero-order valence-electron chi connectivity index (χ0n) is 39.5. The van der Waals surface area contributed by atoms with Gasteiger partial charge in [-0.25, -0.2) is 9.97 Å². The van der Waals surface area contributed by atoms with E-state index in [0.29, 0.717) is 11.8 Å². The van der Waals surface area contributed by atoms with Gasteiger partial charge in [-0.2, -0.15) is 0 Å². The lowest BCUT2D eigenvalue weighted by Crippen LogP contribution is -2.31. The SMILES string of the molecule is CC(C)c1cccc(C(C)C)c1-c1ccc2[nH]c3c(-c4nc5c(-c6ccc7c(c6)N(c6cc(C(C)(C)C)ccn6)c6ccccc6C7(C)C)cccc5n4-c4ccccc4)cccc3c2c1. The summed E-state index contributed by atoms with van der Waals surface area (Å²) in [6.45, 7) is 20.7. The normalized spacial score (nSPS) is 13.6. The van der Waals surface area contributed by atoms with Gasteiger partial charge >= 0.3 is 0 Å². The van der Waals surface area contributed by atoms with Gasteiger partial charge in [0.15, 0.2) is 0 Å². The first kappa shape index (κ1) is 41.5. The largest absolute Gasteiger partial charge is 0.354 e. The van der Waals surface area contributed by atoms with Crippen molar-refractivity contribution in [1.82, 2.24) is 19.5 Å². The lowest BCUT2D eigenvalue weighted by atomic mass is 9.73. The van der Waals surface area contributed by atoms with Gasteiger partial charge in [-0.05, 0) is 122 Å². The molecule has 0 saturated carbocycles. The number of para-hydroxylation sites is 4. The molecule has 0 unspecified atom stereocenters. The van der Waals surface area contributed by atoms with Crippen LogP contribution in [0.3, 0.4) is 0 Å². The Kier molecular flexibility index (Phi) is 9.70. The molecule has 7 aromatic carbocycles. The summed E-state index contributed by atoms with van der Waals surface area (Å²) in [7, 11) is 0. The number of nitrogens with zero attached hydrogens (tertiary/aromatic N) is 4. The molecule has 0 atom stereocenters. The van der Waals surface area contributed by atoms with E-state index in [4.69, 9.17) is 9.97 Å². The molecule has 0 radical (unpaired) electrons. The molecule has 326 valence electrons. The molecule has 0 saturated heterocycles. The van der Waals surface area contributed by atoms with Crippen molar-refractivity contribution in [2.24, 2.45) is 0 Å². The molecule has 5 heteroatoms. The number of H-pyrrole nitrogens is 1. The van der Waals surface area contributed by atoms with Crippen LogP contribution in [0.1, 0.15) is 102 Å². The van der Waals surface area contributed by atoms with Crippen molar-refractivity contribution < 1.29 is 0 Å². The highest BCUT2D eigenvalue weighted by atomic mass is 15.2. The highest BCUT2D eigenvalue weighted by Crippen LogP contribution is 2.53. The van der Waals surface area contributed by atoms with E-state index in [0.717, 1.165) is 67.5 Å². The molecule has 1 aliphatic rings. The molecule has 0 aliphatic carbocycles. The van der Waals surface area contributed by atoms with Crippen LogP contribution in [0.25, 0.3) is 72.2 Å². The number of aromatic nitrogens is 4. The second kappa shape index (κ2) is 15.4. The molecule has 4 heterocycles. The van der Waals surface area contributed by atoms with Gasteiger partial charge in [0, 0.05) is 44.7 Å². The van der Waals surface area contributed by atoms with Gasteiger partial charge in [-0.3, -0.25) is 9.47 Å². The molecule has 66 heavy (non-hydrogen) atoms. The summed E-state index contributed by atoms with van der Waals surface area (Å²) in [5.74, 6) is 2.63. The molecule has 5 nitrogen and oxygen atoms in total. The van der Waals surface area contributed by atoms with Crippen LogP contribution in [0.2, 0.25) is 0 Å². The average molecular weight is 860 g/mol. The molecule has 0 spiro atoms. The molecule has 0 amide bonds.